The van der Waals surface area contributed by atoms with Crippen LogP contribution >= 0.6 is 27.5 Å². The summed E-state index contributed by atoms with van der Waals surface area (Å²) in [6.45, 7) is 0.577. The molecule has 0 radical (unpaired) electrons. The molecule has 0 bridgehead atoms. The van der Waals surface area contributed by atoms with E-state index in [1.807, 2.05) is 0 Å². The van der Waals surface area contributed by atoms with Crippen LogP contribution < -0.4 is 5.32 Å². The van der Waals surface area contributed by atoms with Gasteiger partial charge in [-0.3, -0.25) is 4.79 Å². The van der Waals surface area contributed by atoms with Crippen molar-refractivity contribution < 1.29 is 4.79 Å². The molecular formula is C12H11BrClNO. The Morgan fingerprint density at radius 3 is 2.88 bits per heavy atom. The number of hydrogen-bond acceptors (Lipinski definition) is 1. The number of nitrogens with one attached hydrogen (secondary N) is 1. The zero-order valence-electron chi connectivity index (χ0n) is 8.59. The molecule has 0 heterocycles. The third-order valence-electron chi connectivity index (χ3n) is 1.91. The molecule has 2 nitrogen and oxygen atoms in total. The minimum atomic E-state index is -0.139. The van der Waals surface area contributed by atoms with Crippen LogP contribution in [0.1, 0.15) is 23.2 Å². The molecule has 1 aromatic rings. The van der Waals surface area contributed by atoms with Gasteiger partial charge in [-0.15, -0.1) is 12.3 Å². The van der Waals surface area contributed by atoms with Crippen molar-refractivity contribution in [3.63, 3.8) is 0 Å². The fraction of sp³-hybridized carbons (Fsp3) is 0.250. The predicted octanol–water partition coefficient (Wildman–Crippen LogP) is 3.25. The molecule has 1 N–H and O–H groups in total. The van der Waals surface area contributed by atoms with Gasteiger partial charge in [0.1, 0.15) is 0 Å². The minimum Gasteiger partial charge on any atom is -0.352 e. The van der Waals surface area contributed by atoms with Gasteiger partial charge >= 0.3 is 0 Å². The predicted molar refractivity (Wildman–Crippen MR) is 69.6 cm³/mol. The van der Waals surface area contributed by atoms with Crippen LogP contribution in [0.25, 0.3) is 0 Å². The lowest BCUT2D eigenvalue weighted by Crippen LogP contribution is -2.24. The van der Waals surface area contributed by atoms with Crippen molar-refractivity contribution in [2.45, 2.75) is 12.8 Å². The second-order valence-electron chi connectivity index (χ2n) is 3.22. The van der Waals surface area contributed by atoms with Crippen LogP contribution in [0.2, 0.25) is 5.02 Å². The summed E-state index contributed by atoms with van der Waals surface area (Å²) in [6.07, 6.45) is 6.56. The second-order valence-corrected chi connectivity index (χ2v) is 4.57. The lowest BCUT2D eigenvalue weighted by atomic mass is 10.2. The molecule has 0 saturated carbocycles. The van der Waals surface area contributed by atoms with Crippen molar-refractivity contribution in [3.8, 4) is 12.3 Å². The Labute approximate surface area is 109 Å². The molecule has 1 rings (SSSR count). The average molecular weight is 301 g/mol. The molecule has 1 aromatic carbocycles. The first-order chi connectivity index (χ1) is 7.63. The Hall–Kier alpha value is -0.980. The largest absolute Gasteiger partial charge is 0.352 e. The van der Waals surface area contributed by atoms with Gasteiger partial charge in [0.2, 0.25) is 0 Å². The first-order valence-electron chi connectivity index (χ1n) is 4.81. The van der Waals surface area contributed by atoms with E-state index >= 15 is 0 Å². The zero-order valence-corrected chi connectivity index (χ0v) is 10.9. The van der Waals surface area contributed by atoms with Crippen LogP contribution in [0.5, 0.6) is 0 Å². The molecule has 0 unspecified atom stereocenters. The second kappa shape index (κ2) is 6.57. The van der Waals surface area contributed by atoms with Crippen LogP contribution in [-0.4, -0.2) is 12.5 Å². The van der Waals surface area contributed by atoms with Gasteiger partial charge in [0.25, 0.3) is 5.91 Å². The summed E-state index contributed by atoms with van der Waals surface area (Å²) in [6, 6.07) is 5.09. The van der Waals surface area contributed by atoms with Gasteiger partial charge in [-0.2, -0.15) is 0 Å². The standard InChI is InChI=1S/C12H11BrClNO/c1-2-3-4-5-15-12(16)9-6-10(13)8-11(14)7-9/h1,6-8H,3-5H2,(H,15,16). The number of benzene rings is 1. The summed E-state index contributed by atoms with van der Waals surface area (Å²) in [5.74, 6) is 2.38. The fourth-order valence-corrected chi connectivity index (χ4v) is 2.04. The first-order valence-corrected chi connectivity index (χ1v) is 5.98. The van der Waals surface area contributed by atoms with Crippen LogP contribution in [0.3, 0.4) is 0 Å². The molecule has 0 fully saturated rings. The number of carbonyl (C=O) groups excluding carboxylic acids is 1. The van der Waals surface area contributed by atoms with E-state index in [0.717, 1.165) is 10.9 Å². The summed E-state index contributed by atoms with van der Waals surface area (Å²) in [4.78, 5) is 11.7. The Morgan fingerprint density at radius 1 is 1.50 bits per heavy atom. The van der Waals surface area contributed by atoms with Crippen LogP contribution in [0.4, 0.5) is 0 Å². The van der Waals surface area contributed by atoms with Gasteiger partial charge in [0.05, 0.1) is 0 Å². The smallest absolute Gasteiger partial charge is 0.251 e. The molecule has 4 heteroatoms. The number of terminal acetylenes is 1. The average Bonchev–Trinajstić information content (AvgIpc) is 2.22. The van der Waals surface area contributed by atoms with E-state index in [1.54, 1.807) is 18.2 Å². The van der Waals surface area contributed by atoms with E-state index in [2.05, 4.69) is 27.2 Å². The quantitative estimate of drug-likeness (QED) is 0.671. The number of halogens is 2. The Balaban J connectivity index is 2.56. The maximum absolute atomic E-state index is 11.7. The van der Waals surface area contributed by atoms with Gasteiger partial charge in [-0.25, -0.2) is 0 Å². The van der Waals surface area contributed by atoms with Crippen molar-refractivity contribution in [2.75, 3.05) is 6.54 Å². The SMILES string of the molecule is C#CCCCNC(=O)c1cc(Cl)cc(Br)c1. The zero-order chi connectivity index (χ0) is 12.0. The van der Waals surface area contributed by atoms with Crippen molar-refractivity contribution in [2.24, 2.45) is 0 Å². The van der Waals surface area contributed by atoms with E-state index in [0.29, 0.717) is 23.6 Å². The fourth-order valence-electron chi connectivity index (χ4n) is 1.18. The van der Waals surface area contributed by atoms with Gasteiger partial charge in [-0.05, 0) is 24.6 Å². The van der Waals surface area contributed by atoms with Crippen LogP contribution in [-0.2, 0) is 0 Å². The Kier molecular flexibility index (Phi) is 5.37. The summed E-state index contributed by atoms with van der Waals surface area (Å²) in [5.41, 5.74) is 0.542. The van der Waals surface area contributed by atoms with Gasteiger partial charge < -0.3 is 5.32 Å². The minimum absolute atomic E-state index is 0.139. The monoisotopic (exact) mass is 299 g/mol. The highest BCUT2D eigenvalue weighted by Crippen LogP contribution is 2.19. The molecular weight excluding hydrogens is 289 g/mol. The normalized spacial score (nSPS) is 9.56. The molecule has 0 aliphatic heterocycles. The number of unbranched alkanes of at least 4 members (excludes halogenated alkanes) is 1. The lowest BCUT2D eigenvalue weighted by Gasteiger charge is -2.05. The Bertz CT molecular complexity index is 405. The van der Waals surface area contributed by atoms with Gasteiger partial charge in [-0.1, -0.05) is 27.5 Å². The van der Waals surface area contributed by atoms with Crippen molar-refractivity contribution in [1.29, 1.82) is 0 Å². The van der Waals surface area contributed by atoms with Crippen LogP contribution in [0, 0.1) is 12.3 Å². The number of hydrogen-bond donors (Lipinski definition) is 1. The third-order valence-corrected chi connectivity index (χ3v) is 2.58. The summed E-state index contributed by atoms with van der Waals surface area (Å²) in [5, 5.41) is 3.30. The van der Waals surface area contributed by atoms with Crippen LogP contribution in [0.15, 0.2) is 22.7 Å². The molecule has 0 aliphatic rings. The number of rotatable bonds is 4. The molecule has 1 amide bonds. The van der Waals surface area contributed by atoms with E-state index in [9.17, 15) is 4.79 Å². The molecule has 0 atom stereocenters. The van der Waals surface area contributed by atoms with Crippen molar-refractivity contribution >= 4 is 33.4 Å². The summed E-state index contributed by atoms with van der Waals surface area (Å²) in [7, 11) is 0. The summed E-state index contributed by atoms with van der Waals surface area (Å²) >= 11 is 9.12. The van der Waals surface area contributed by atoms with Crippen molar-refractivity contribution in [1.82, 2.24) is 5.32 Å². The van der Waals surface area contributed by atoms with E-state index < -0.39 is 0 Å². The van der Waals surface area contributed by atoms with Crippen molar-refractivity contribution in [3.05, 3.63) is 33.3 Å². The molecule has 16 heavy (non-hydrogen) atoms. The topological polar surface area (TPSA) is 29.1 Å². The number of carbonyl (C=O) groups is 1. The Morgan fingerprint density at radius 2 is 2.25 bits per heavy atom. The molecule has 0 aliphatic carbocycles. The highest BCUT2D eigenvalue weighted by molar-refractivity contribution is 9.10. The molecule has 0 aromatic heterocycles. The van der Waals surface area contributed by atoms with E-state index in [-0.39, 0.29) is 5.91 Å². The highest BCUT2D eigenvalue weighted by atomic mass is 79.9. The van der Waals surface area contributed by atoms with Gasteiger partial charge in [0.15, 0.2) is 0 Å². The third kappa shape index (κ3) is 4.26. The molecule has 84 valence electrons. The maximum Gasteiger partial charge on any atom is 0.251 e. The van der Waals surface area contributed by atoms with E-state index in [4.69, 9.17) is 18.0 Å². The molecule has 0 spiro atoms. The highest BCUT2D eigenvalue weighted by Gasteiger charge is 2.06. The first kappa shape index (κ1) is 13.1. The van der Waals surface area contributed by atoms with E-state index in [1.165, 1.54) is 0 Å². The summed E-state index contributed by atoms with van der Waals surface area (Å²) < 4.78 is 0.786. The lowest BCUT2D eigenvalue weighted by molar-refractivity contribution is 0.0953. The van der Waals surface area contributed by atoms with Gasteiger partial charge in [0, 0.05) is 28.0 Å². The number of amides is 1. The maximum atomic E-state index is 11.7. The molecule has 0 saturated heterocycles.